The Morgan fingerprint density at radius 1 is 0.902 bits per heavy atom. The van der Waals surface area contributed by atoms with Gasteiger partial charge in [-0.2, -0.15) is 0 Å². The lowest BCUT2D eigenvalue weighted by Gasteiger charge is -2.26. The highest BCUT2D eigenvalue weighted by Crippen LogP contribution is 2.42. The van der Waals surface area contributed by atoms with E-state index in [9.17, 15) is 14.7 Å². The standard InChI is InChI=1S/C32H32N2O7/c1-5-41-22-9-6-19(7-10-22)30(35)28-29(20-8-13-26(39-3)27(16-20)40-4)34(32(37)31(28)36)15-14-21-18-33-25-12-11-23(38-2)17-24(21)25/h6-13,16-18,29,33,35H,5,14-15H2,1-4H3/t29-/m0/s1. The largest absolute Gasteiger partial charge is 0.507 e. The average Bonchev–Trinajstić information content (AvgIpc) is 3.52. The predicted molar refractivity (Wildman–Crippen MR) is 155 cm³/mol. The number of H-pyrrole nitrogens is 1. The van der Waals surface area contributed by atoms with Crippen molar-refractivity contribution in [3.05, 3.63) is 89.1 Å². The Balaban J connectivity index is 1.57. The fraction of sp³-hybridized carbons (Fsp3) is 0.250. The zero-order valence-corrected chi connectivity index (χ0v) is 23.4. The zero-order chi connectivity index (χ0) is 29.1. The van der Waals surface area contributed by atoms with Crippen LogP contribution in [-0.2, 0) is 16.0 Å². The van der Waals surface area contributed by atoms with Crippen LogP contribution in [0, 0.1) is 0 Å². The zero-order valence-electron chi connectivity index (χ0n) is 23.4. The van der Waals surface area contributed by atoms with Crippen molar-refractivity contribution in [2.45, 2.75) is 19.4 Å². The molecule has 0 radical (unpaired) electrons. The molecule has 5 rings (SSSR count). The number of aromatic nitrogens is 1. The number of aliphatic hydroxyl groups excluding tert-OH is 1. The highest BCUT2D eigenvalue weighted by molar-refractivity contribution is 6.46. The summed E-state index contributed by atoms with van der Waals surface area (Å²) in [5.41, 5.74) is 2.93. The van der Waals surface area contributed by atoms with E-state index in [1.807, 2.05) is 31.3 Å². The van der Waals surface area contributed by atoms with Gasteiger partial charge in [0, 0.05) is 29.2 Å². The number of carbonyl (C=O) groups is 2. The summed E-state index contributed by atoms with van der Waals surface area (Å²) in [6.45, 7) is 2.61. The number of hydrogen-bond acceptors (Lipinski definition) is 7. The van der Waals surface area contributed by atoms with Crippen LogP contribution in [0.1, 0.15) is 29.7 Å². The van der Waals surface area contributed by atoms with E-state index < -0.39 is 17.7 Å². The number of benzene rings is 3. The monoisotopic (exact) mass is 556 g/mol. The number of aliphatic hydroxyl groups is 1. The van der Waals surface area contributed by atoms with E-state index in [0.717, 1.165) is 22.2 Å². The Bertz CT molecular complexity index is 1620. The molecule has 0 saturated carbocycles. The summed E-state index contributed by atoms with van der Waals surface area (Å²) < 4.78 is 21.8. The minimum absolute atomic E-state index is 0.00646. The van der Waals surface area contributed by atoms with Crippen molar-refractivity contribution >= 4 is 28.4 Å². The van der Waals surface area contributed by atoms with Crippen LogP contribution in [0.4, 0.5) is 0 Å². The average molecular weight is 557 g/mol. The highest BCUT2D eigenvalue weighted by atomic mass is 16.5. The number of aromatic amines is 1. The van der Waals surface area contributed by atoms with Gasteiger partial charge in [-0.1, -0.05) is 6.07 Å². The second-order valence-electron chi connectivity index (χ2n) is 9.54. The van der Waals surface area contributed by atoms with Gasteiger partial charge in [-0.3, -0.25) is 9.59 Å². The van der Waals surface area contributed by atoms with E-state index in [2.05, 4.69) is 4.98 Å². The minimum Gasteiger partial charge on any atom is -0.507 e. The topological polar surface area (TPSA) is 110 Å². The number of ether oxygens (including phenoxy) is 4. The number of hydrogen-bond donors (Lipinski definition) is 2. The van der Waals surface area contributed by atoms with E-state index in [1.54, 1.807) is 49.6 Å². The number of Topliss-reactive ketones (excluding diaryl/α,β-unsaturated/α-hetero) is 1. The lowest BCUT2D eigenvalue weighted by Crippen LogP contribution is -2.31. The molecule has 1 amide bonds. The van der Waals surface area contributed by atoms with Crippen LogP contribution in [0.5, 0.6) is 23.0 Å². The molecular formula is C32H32N2O7. The van der Waals surface area contributed by atoms with E-state index in [1.165, 1.54) is 19.1 Å². The first-order valence-corrected chi connectivity index (χ1v) is 13.3. The number of carbonyl (C=O) groups excluding carboxylic acids is 2. The summed E-state index contributed by atoms with van der Waals surface area (Å²) in [5, 5.41) is 12.4. The van der Waals surface area contributed by atoms with Crippen molar-refractivity contribution in [2.75, 3.05) is 34.5 Å². The molecule has 1 aliphatic heterocycles. The van der Waals surface area contributed by atoms with Crippen molar-refractivity contribution in [3.63, 3.8) is 0 Å². The molecule has 9 nitrogen and oxygen atoms in total. The van der Waals surface area contributed by atoms with Gasteiger partial charge in [0.2, 0.25) is 0 Å². The van der Waals surface area contributed by atoms with Crippen LogP contribution in [0.15, 0.2) is 72.4 Å². The summed E-state index contributed by atoms with van der Waals surface area (Å²) in [4.78, 5) is 31.8. The Morgan fingerprint density at radius 2 is 1.63 bits per heavy atom. The van der Waals surface area contributed by atoms with Gasteiger partial charge >= 0.3 is 0 Å². The third-order valence-electron chi connectivity index (χ3n) is 7.30. The van der Waals surface area contributed by atoms with Crippen LogP contribution < -0.4 is 18.9 Å². The molecule has 1 saturated heterocycles. The Kier molecular flexibility index (Phi) is 7.87. The molecule has 1 fully saturated rings. The molecule has 2 N–H and O–H groups in total. The number of fused-ring (bicyclic) bond motifs is 1. The summed E-state index contributed by atoms with van der Waals surface area (Å²) in [6.07, 6.45) is 2.36. The summed E-state index contributed by atoms with van der Waals surface area (Å²) in [7, 11) is 4.66. The van der Waals surface area contributed by atoms with Gasteiger partial charge < -0.3 is 33.9 Å². The molecule has 0 bridgehead atoms. The Morgan fingerprint density at radius 3 is 2.32 bits per heavy atom. The predicted octanol–water partition coefficient (Wildman–Crippen LogP) is 5.26. The van der Waals surface area contributed by atoms with E-state index in [-0.39, 0.29) is 17.9 Å². The van der Waals surface area contributed by atoms with Crippen LogP contribution in [0.2, 0.25) is 0 Å². The van der Waals surface area contributed by atoms with E-state index >= 15 is 0 Å². The fourth-order valence-corrected chi connectivity index (χ4v) is 5.24. The van der Waals surface area contributed by atoms with Gasteiger partial charge in [0.15, 0.2) is 11.5 Å². The van der Waals surface area contributed by atoms with Crippen LogP contribution >= 0.6 is 0 Å². The quantitative estimate of drug-likeness (QED) is 0.156. The van der Waals surface area contributed by atoms with Gasteiger partial charge in [-0.05, 0) is 79.1 Å². The number of nitrogens with one attached hydrogen (secondary N) is 1. The number of amides is 1. The first-order chi connectivity index (χ1) is 19.9. The Hall–Kier alpha value is -4.92. The van der Waals surface area contributed by atoms with Crippen molar-refractivity contribution in [3.8, 4) is 23.0 Å². The molecule has 4 aromatic rings. The third kappa shape index (κ3) is 5.18. The molecule has 1 atom stereocenters. The van der Waals surface area contributed by atoms with E-state index in [4.69, 9.17) is 18.9 Å². The fourth-order valence-electron chi connectivity index (χ4n) is 5.24. The summed E-state index contributed by atoms with van der Waals surface area (Å²) in [6, 6.07) is 16.9. The maximum atomic E-state index is 13.5. The molecule has 0 unspecified atom stereocenters. The molecule has 212 valence electrons. The molecule has 2 heterocycles. The lowest BCUT2D eigenvalue weighted by molar-refractivity contribution is -0.139. The van der Waals surface area contributed by atoms with Crippen LogP contribution in [0.25, 0.3) is 16.7 Å². The summed E-state index contributed by atoms with van der Waals surface area (Å²) in [5.74, 6) is 0.612. The Labute approximate surface area is 237 Å². The third-order valence-corrected chi connectivity index (χ3v) is 7.30. The second-order valence-corrected chi connectivity index (χ2v) is 9.54. The maximum absolute atomic E-state index is 13.5. The number of methoxy groups -OCH3 is 3. The van der Waals surface area contributed by atoms with Crippen molar-refractivity contribution in [1.29, 1.82) is 0 Å². The number of rotatable bonds is 10. The summed E-state index contributed by atoms with van der Waals surface area (Å²) >= 11 is 0. The van der Waals surface area contributed by atoms with Gasteiger partial charge in [0.05, 0.1) is 39.6 Å². The SMILES string of the molecule is CCOc1ccc(C(O)=C2C(=O)C(=O)N(CCc3c[nH]c4ccc(OC)cc34)[C@H]2c2ccc(OC)c(OC)c2)cc1. The smallest absolute Gasteiger partial charge is 0.295 e. The molecule has 3 aromatic carbocycles. The van der Waals surface area contributed by atoms with Crippen LogP contribution in [-0.4, -0.2) is 61.2 Å². The molecular weight excluding hydrogens is 524 g/mol. The molecule has 0 aliphatic carbocycles. The second kappa shape index (κ2) is 11.7. The molecule has 9 heteroatoms. The number of ketones is 1. The molecule has 41 heavy (non-hydrogen) atoms. The number of nitrogens with zero attached hydrogens (tertiary/aromatic N) is 1. The first kappa shape index (κ1) is 27.6. The molecule has 0 spiro atoms. The van der Waals surface area contributed by atoms with Crippen molar-refractivity contribution < 1.29 is 33.6 Å². The van der Waals surface area contributed by atoms with Gasteiger partial charge in [-0.25, -0.2) is 0 Å². The number of likely N-dealkylation sites (tertiary alicyclic amines) is 1. The van der Waals surface area contributed by atoms with Gasteiger partial charge in [0.25, 0.3) is 11.7 Å². The lowest BCUT2D eigenvalue weighted by atomic mass is 9.94. The van der Waals surface area contributed by atoms with Gasteiger partial charge in [0.1, 0.15) is 17.3 Å². The van der Waals surface area contributed by atoms with Gasteiger partial charge in [-0.15, -0.1) is 0 Å². The molecule has 1 aliphatic rings. The normalized spacial score (nSPS) is 16.3. The van der Waals surface area contributed by atoms with Crippen molar-refractivity contribution in [2.24, 2.45) is 0 Å². The maximum Gasteiger partial charge on any atom is 0.295 e. The van der Waals surface area contributed by atoms with E-state index in [0.29, 0.717) is 41.4 Å². The van der Waals surface area contributed by atoms with Crippen molar-refractivity contribution in [1.82, 2.24) is 9.88 Å². The highest BCUT2D eigenvalue weighted by Gasteiger charge is 2.46. The molecule has 1 aromatic heterocycles. The van der Waals surface area contributed by atoms with Crippen LogP contribution in [0.3, 0.4) is 0 Å². The first-order valence-electron chi connectivity index (χ1n) is 13.3. The minimum atomic E-state index is -0.846.